The monoisotopic (exact) mass is 366 g/mol. The van der Waals surface area contributed by atoms with Crippen molar-refractivity contribution < 1.29 is 18.9 Å². The van der Waals surface area contributed by atoms with Crippen LogP contribution in [-0.4, -0.2) is 39.6 Å². The second-order valence-electron chi connectivity index (χ2n) is 6.31. The molecule has 1 aliphatic heterocycles. The van der Waals surface area contributed by atoms with Crippen molar-refractivity contribution >= 4 is 10.8 Å². The third kappa shape index (κ3) is 3.13. The van der Waals surface area contributed by atoms with Crippen molar-refractivity contribution in [2.75, 3.05) is 34.6 Å². The van der Waals surface area contributed by atoms with Gasteiger partial charge in [0.15, 0.2) is 23.0 Å². The summed E-state index contributed by atoms with van der Waals surface area (Å²) < 4.78 is 22.0. The summed E-state index contributed by atoms with van der Waals surface area (Å²) >= 11 is 0. The van der Waals surface area contributed by atoms with Gasteiger partial charge in [0, 0.05) is 17.1 Å². The Morgan fingerprint density at radius 1 is 1.07 bits per heavy atom. The fraction of sp³-hybridized carbons (Fsp3) is 0.286. The van der Waals surface area contributed by atoms with Crippen LogP contribution in [0.25, 0.3) is 22.0 Å². The number of nitrogens with one attached hydrogen (secondary N) is 1. The van der Waals surface area contributed by atoms with Gasteiger partial charge in [-0.05, 0) is 55.2 Å². The van der Waals surface area contributed by atoms with E-state index in [1.807, 2.05) is 37.5 Å². The number of benzene rings is 2. The zero-order valence-corrected chi connectivity index (χ0v) is 15.7. The predicted octanol–water partition coefficient (Wildman–Crippen LogP) is 3.41. The van der Waals surface area contributed by atoms with Gasteiger partial charge in [0.25, 0.3) is 0 Å². The van der Waals surface area contributed by atoms with Crippen LogP contribution in [0.15, 0.2) is 36.5 Å². The molecule has 140 valence electrons. The van der Waals surface area contributed by atoms with Crippen molar-refractivity contribution in [3.8, 4) is 34.3 Å². The molecule has 0 saturated heterocycles. The third-order valence-electron chi connectivity index (χ3n) is 4.77. The number of hydrogen-bond acceptors (Lipinski definition) is 6. The molecule has 0 aliphatic carbocycles. The molecule has 6 nitrogen and oxygen atoms in total. The highest BCUT2D eigenvalue weighted by atomic mass is 16.7. The molecule has 1 aliphatic rings. The van der Waals surface area contributed by atoms with E-state index in [0.29, 0.717) is 5.75 Å². The highest BCUT2D eigenvalue weighted by molar-refractivity contribution is 5.93. The number of rotatable bonds is 6. The van der Waals surface area contributed by atoms with E-state index in [1.165, 1.54) is 0 Å². The molecule has 0 saturated carbocycles. The highest BCUT2D eigenvalue weighted by Gasteiger charge is 2.19. The maximum absolute atomic E-state index is 5.59. The summed E-state index contributed by atoms with van der Waals surface area (Å²) in [4.78, 5) is 4.70. The normalized spacial score (nSPS) is 12.4. The van der Waals surface area contributed by atoms with Crippen LogP contribution in [0.4, 0.5) is 0 Å². The van der Waals surface area contributed by atoms with Crippen LogP contribution in [0.5, 0.6) is 23.0 Å². The molecule has 0 amide bonds. The molecular formula is C21H22N2O4. The first kappa shape index (κ1) is 17.4. The maximum Gasteiger partial charge on any atom is 0.231 e. The van der Waals surface area contributed by atoms with Gasteiger partial charge < -0.3 is 24.3 Å². The number of nitrogens with zero attached hydrogens (tertiary/aromatic N) is 1. The van der Waals surface area contributed by atoms with Crippen LogP contribution in [0.2, 0.25) is 0 Å². The van der Waals surface area contributed by atoms with Gasteiger partial charge in [0.2, 0.25) is 6.79 Å². The maximum atomic E-state index is 5.59. The van der Waals surface area contributed by atoms with Crippen LogP contribution in [0.3, 0.4) is 0 Å². The summed E-state index contributed by atoms with van der Waals surface area (Å²) in [5.74, 6) is 2.93. The zero-order valence-electron chi connectivity index (χ0n) is 15.7. The molecule has 0 atom stereocenters. The smallest absolute Gasteiger partial charge is 0.231 e. The topological polar surface area (TPSA) is 61.8 Å². The van der Waals surface area contributed by atoms with Gasteiger partial charge >= 0.3 is 0 Å². The van der Waals surface area contributed by atoms with E-state index in [-0.39, 0.29) is 6.79 Å². The molecule has 6 heteroatoms. The molecule has 27 heavy (non-hydrogen) atoms. The minimum Gasteiger partial charge on any atom is -0.493 e. The second kappa shape index (κ2) is 7.32. The molecule has 2 heterocycles. The largest absolute Gasteiger partial charge is 0.493 e. The second-order valence-corrected chi connectivity index (χ2v) is 6.31. The molecule has 0 unspecified atom stereocenters. The fourth-order valence-corrected chi connectivity index (χ4v) is 3.36. The van der Waals surface area contributed by atoms with Gasteiger partial charge in [-0.25, -0.2) is 0 Å². The van der Waals surface area contributed by atoms with E-state index in [9.17, 15) is 0 Å². The van der Waals surface area contributed by atoms with Crippen LogP contribution < -0.4 is 24.3 Å². The van der Waals surface area contributed by atoms with Crippen molar-refractivity contribution in [1.29, 1.82) is 0 Å². The molecule has 4 rings (SSSR count). The van der Waals surface area contributed by atoms with Gasteiger partial charge in [-0.3, -0.25) is 4.98 Å². The number of aromatic nitrogens is 1. The van der Waals surface area contributed by atoms with Crippen LogP contribution >= 0.6 is 0 Å². The first-order valence-electron chi connectivity index (χ1n) is 8.83. The summed E-state index contributed by atoms with van der Waals surface area (Å²) in [5, 5.41) is 5.20. The Kier molecular flexibility index (Phi) is 4.73. The van der Waals surface area contributed by atoms with Crippen molar-refractivity contribution in [1.82, 2.24) is 10.3 Å². The van der Waals surface area contributed by atoms with E-state index in [1.54, 1.807) is 14.2 Å². The molecule has 1 N–H and O–H groups in total. The van der Waals surface area contributed by atoms with Gasteiger partial charge in [-0.2, -0.15) is 0 Å². The Hall–Kier alpha value is -2.99. The lowest BCUT2D eigenvalue weighted by atomic mass is 9.98. The molecule has 3 aromatic rings. The van der Waals surface area contributed by atoms with Crippen molar-refractivity contribution in [3.63, 3.8) is 0 Å². The minimum atomic E-state index is 0.250. The minimum absolute atomic E-state index is 0.250. The Labute approximate surface area is 158 Å². The summed E-state index contributed by atoms with van der Waals surface area (Å²) in [6.07, 6.45) is 2.70. The molecule has 0 radical (unpaired) electrons. The van der Waals surface area contributed by atoms with E-state index in [2.05, 4.69) is 11.4 Å². The summed E-state index contributed by atoms with van der Waals surface area (Å²) in [7, 11) is 5.23. The lowest BCUT2D eigenvalue weighted by molar-refractivity contribution is 0.175. The van der Waals surface area contributed by atoms with Crippen LogP contribution in [-0.2, 0) is 6.42 Å². The van der Waals surface area contributed by atoms with Gasteiger partial charge in [0.05, 0.1) is 19.9 Å². The van der Waals surface area contributed by atoms with E-state index < -0.39 is 0 Å². The Morgan fingerprint density at radius 3 is 2.67 bits per heavy atom. The lowest BCUT2D eigenvalue weighted by Crippen LogP contribution is -2.11. The van der Waals surface area contributed by atoms with Gasteiger partial charge in [-0.15, -0.1) is 0 Å². The van der Waals surface area contributed by atoms with Gasteiger partial charge in [-0.1, -0.05) is 6.07 Å². The summed E-state index contributed by atoms with van der Waals surface area (Å²) in [6, 6.07) is 10.1. The molecule has 0 fully saturated rings. The van der Waals surface area contributed by atoms with Crippen molar-refractivity contribution in [2.24, 2.45) is 0 Å². The van der Waals surface area contributed by atoms with Crippen molar-refractivity contribution in [3.05, 3.63) is 42.1 Å². The first-order valence-corrected chi connectivity index (χ1v) is 8.83. The molecule has 1 aromatic heterocycles. The molecular weight excluding hydrogens is 344 g/mol. The molecule has 0 bridgehead atoms. The number of ether oxygens (including phenoxy) is 4. The first-order chi connectivity index (χ1) is 13.2. The lowest BCUT2D eigenvalue weighted by Gasteiger charge is -2.15. The predicted molar refractivity (Wildman–Crippen MR) is 104 cm³/mol. The van der Waals surface area contributed by atoms with Crippen molar-refractivity contribution in [2.45, 2.75) is 6.42 Å². The number of methoxy groups -OCH3 is 2. The van der Waals surface area contributed by atoms with Crippen LogP contribution in [0, 0.1) is 0 Å². The Balaban J connectivity index is 1.85. The number of likely N-dealkylation sites (N-methyl/N-ethyl adjacent to an activating group) is 1. The van der Waals surface area contributed by atoms with Gasteiger partial charge in [0.1, 0.15) is 0 Å². The zero-order chi connectivity index (χ0) is 18.8. The van der Waals surface area contributed by atoms with Crippen LogP contribution in [0.1, 0.15) is 5.56 Å². The Morgan fingerprint density at radius 2 is 1.89 bits per heavy atom. The Bertz CT molecular complexity index is 988. The third-order valence-corrected chi connectivity index (χ3v) is 4.77. The molecule has 2 aromatic carbocycles. The molecule has 0 spiro atoms. The number of pyridine rings is 1. The van der Waals surface area contributed by atoms with E-state index in [0.717, 1.165) is 57.8 Å². The van der Waals surface area contributed by atoms with E-state index in [4.69, 9.17) is 23.9 Å². The summed E-state index contributed by atoms with van der Waals surface area (Å²) in [6.45, 7) is 1.11. The standard InChI is InChI=1S/C21H22N2O4/c1-22-7-6-14-9-19(24-2)20(25-3)10-15(14)17-8-13-4-5-18-21(27-12-26-18)16(13)11-23-17/h4-5,8-11,22H,6-7,12H2,1-3H3. The average Bonchev–Trinajstić information content (AvgIpc) is 3.20. The highest BCUT2D eigenvalue weighted by Crippen LogP contribution is 2.41. The number of fused-ring (bicyclic) bond motifs is 3. The summed E-state index contributed by atoms with van der Waals surface area (Å²) in [5.41, 5.74) is 3.06. The quantitative estimate of drug-likeness (QED) is 0.721. The SMILES string of the molecule is CNCCc1cc(OC)c(OC)cc1-c1cc2ccc3c(c2cn1)OCO3. The number of hydrogen-bond donors (Lipinski definition) is 1. The fourth-order valence-electron chi connectivity index (χ4n) is 3.36. The van der Waals surface area contributed by atoms with E-state index >= 15 is 0 Å². The average molecular weight is 366 g/mol.